The Bertz CT molecular complexity index is 774. The highest BCUT2D eigenvalue weighted by molar-refractivity contribution is 6.30. The van der Waals surface area contributed by atoms with E-state index in [2.05, 4.69) is 36.2 Å². The van der Waals surface area contributed by atoms with Crippen LogP contribution in [0.3, 0.4) is 0 Å². The molecule has 1 N–H and O–H groups in total. The number of carbonyl (C=O) groups is 1. The Morgan fingerprint density at radius 3 is 2.73 bits per heavy atom. The molecule has 0 fully saturated rings. The second-order valence-electron chi connectivity index (χ2n) is 6.56. The summed E-state index contributed by atoms with van der Waals surface area (Å²) in [5.74, 6) is 0.655. The Balaban J connectivity index is 1.55. The van der Waals surface area contributed by atoms with Crippen LogP contribution in [0, 0.1) is 0 Å². The lowest BCUT2D eigenvalue weighted by atomic mass is 10.1. The van der Waals surface area contributed by atoms with E-state index in [4.69, 9.17) is 16.3 Å². The number of nitrogens with one attached hydrogen (secondary N) is 1. The molecule has 1 heterocycles. The fourth-order valence-corrected chi connectivity index (χ4v) is 3.40. The summed E-state index contributed by atoms with van der Waals surface area (Å²) in [5.41, 5.74) is 3.35. The van der Waals surface area contributed by atoms with Gasteiger partial charge >= 0.3 is 0 Å². The molecule has 0 saturated heterocycles. The van der Waals surface area contributed by atoms with Crippen molar-refractivity contribution in [2.75, 3.05) is 13.1 Å². The molecule has 1 aliphatic rings. The molecule has 0 aromatic heterocycles. The van der Waals surface area contributed by atoms with Crippen molar-refractivity contribution < 1.29 is 9.53 Å². The van der Waals surface area contributed by atoms with Gasteiger partial charge in [0.25, 0.3) is 5.91 Å². The average molecular weight is 373 g/mol. The van der Waals surface area contributed by atoms with E-state index in [1.54, 1.807) is 6.07 Å². The quantitative estimate of drug-likeness (QED) is 0.803. The van der Waals surface area contributed by atoms with Gasteiger partial charge in [0.15, 0.2) is 6.10 Å². The maximum atomic E-state index is 12.5. The third-order valence-corrected chi connectivity index (χ3v) is 4.98. The number of benzene rings is 2. The molecule has 26 heavy (non-hydrogen) atoms. The molecule has 0 aliphatic carbocycles. The topological polar surface area (TPSA) is 41.6 Å². The van der Waals surface area contributed by atoms with Crippen molar-refractivity contribution in [1.82, 2.24) is 10.2 Å². The predicted molar refractivity (Wildman–Crippen MR) is 104 cm³/mol. The molecule has 3 rings (SSSR count). The SMILES string of the molecule is CCN(CC)Cc1cccc(CNC(=O)C2Cc3cc(Cl)ccc3O2)c1. The first kappa shape index (κ1) is 18.7. The second-order valence-corrected chi connectivity index (χ2v) is 7.00. The molecule has 1 unspecified atom stereocenters. The summed E-state index contributed by atoms with van der Waals surface area (Å²) in [7, 11) is 0. The summed E-state index contributed by atoms with van der Waals surface area (Å²) in [4.78, 5) is 14.8. The van der Waals surface area contributed by atoms with E-state index in [0.717, 1.165) is 36.5 Å². The Kier molecular flexibility index (Phi) is 6.17. The normalized spacial score (nSPS) is 15.6. The van der Waals surface area contributed by atoms with Crippen molar-refractivity contribution in [3.05, 3.63) is 64.2 Å². The highest BCUT2D eigenvalue weighted by atomic mass is 35.5. The molecular weight excluding hydrogens is 348 g/mol. The van der Waals surface area contributed by atoms with Gasteiger partial charge in [-0.2, -0.15) is 0 Å². The molecule has 4 nitrogen and oxygen atoms in total. The molecular formula is C21H25ClN2O2. The lowest BCUT2D eigenvalue weighted by molar-refractivity contribution is -0.127. The van der Waals surface area contributed by atoms with Gasteiger partial charge in [0, 0.05) is 24.5 Å². The second kappa shape index (κ2) is 8.56. The maximum Gasteiger partial charge on any atom is 0.261 e. The summed E-state index contributed by atoms with van der Waals surface area (Å²) < 4.78 is 5.74. The van der Waals surface area contributed by atoms with Crippen LogP contribution in [-0.4, -0.2) is 30.0 Å². The fraction of sp³-hybridized carbons (Fsp3) is 0.381. The molecule has 1 amide bonds. The minimum Gasteiger partial charge on any atom is -0.480 e. The van der Waals surface area contributed by atoms with Crippen LogP contribution in [0.25, 0.3) is 0 Å². The third-order valence-electron chi connectivity index (χ3n) is 4.75. The molecule has 0 saturated carbocycles. The lowest BCUT2D eigenvalue weighted by Gasteiger charge is -2.18. The van der Waals surface area contributed by atoms with E-state index in [1.807, 2.05) is 24.3 Å². The Labute approximate surface area is 160 Å². The smallest absolute Gasteiger partial charge is 0.261 e. The maximum absolute atomic E-state index is 12.5. The van der Waals surface area contributed by atoms with Crippen LogP contribution < -0.4 is 10.1 Å². The first-order valence-corrected chi connectivity index (χ1v) is 9.49. The summed E-state index contributed by atoms with van der Waals surface area (Å²) in [6.45, 7) is 7.82. The number of carbonyl (C=O) groups excluding carboxylic acids is 1. The summed E-state index contributed by atoms with van der Waals surface area (Å²) in [6.07, 6.45) is 0.0753. The first-order chi connectivity index (χ1) is 12.6. The van der Waals surface area contributed by atoms with E-state index >= 15 is 0 Å². The zero-order chi connectivity index (χ0) is 18.5. The zero-order valence-corrected chi connectivity index (χ0v) is 16.1. The van der Waals surface area contributed by atoms with Crippen LogP contribution in [0.4, 0.5) is 0 Å². The molecule has 138 valence electrons. The van der Waals surface area contributed by atoms with Gasteiger partial charge < -0.3 is 10.1 Å². The van der Waals surface area contributed by atoms with Crippen LogP contribution >= 0.6 is 11.6 Å². The van der Waals surface area contributed by atoms with Crippen molar-refractivity contribution >= 4 is 17.5 Å². The molecule has 1 aliphatic heterocycles. The highest BCUT2D eigenvalue weighted by Gasteiger charge is 2.28. The van der Waals surface area contributed by atoms with E-state index in [1.165, 1.54) is 5.56 Å². The minimum atomic E-state index is -0.484. The molecule has 5 heteroatoms. The largest absolute Gasteiger partial charge is 0.480 e. The van der Waals surface area contributed by atoms with Crippen molar-refractivity contribution in [3.63, 3.8) is 0 Å². The standard InChI is InChI=1S/C21H25ClN2O2/c1-3-24(4-2)14-16-7-5-6-15(10-16)13-23-21(25)20-12-17-11-18(22)8-9-19(17)26-20/h5-11,20H,3-4,12-14H2,1-2H3,(H,23,25). The number of ether oxygens (including phenoxy) is 1. The van der Waals surface area contributed by atoms with Gasteiger partial charge in [0.2, 0.25) is 0 Å². The van der Waals surface area contributed by atoms with E-state index in [0.29, 0.717) is 18.0 Å². The number of amides is 1. The van der Waals surface area contributed by atoms with E-state index in [-0.39, 0.29) is 5.91 Å². The summed E-state index contributed by atoms with van der Waals surface area (Å²) in [6, 6.07) is 13.8. The van der Waals surface area contributed by atoms with Crippen molar-refractivity contribution in [2.24, 2.45) is 0 Å². The van der Waals surface area contributed by atoms with Crippen LogP contribution in [0.1, 0.15) is 30.5 Å². The van der Waals surface area contributed by atoms with Crippen molar-refractivity contribution in [3.8, 4) is 5.75 Å². The number of hydrogen-bond acceptors (Lipinski definition) is 3. The number of halogens is 1. The Morgan fingerprint density at radius 2 is 1.96 bits per heavy atom. The first-order valence-electron chi connectivity index (χ1n) is 9.12. The van der Waals surface area contributed by atoms with E-state index in [9.17, 15) is 4.79 Å². The van der Waals surface area contributed by atoms with Crippen molar-refractivity contribution in [2.45, 2.75) is 39.5 Å². The van der Waals surface area contributed by atoms with Crippen LogP contribution in [0.5, 0.6) is 5.75 Å². The predicted octanol–water partition coefficient (Wildman–Crippen LogP) is 3.80. The lowest BCUT2D eigenvalue weighted by Crippen LogP contribution is -2.37. The molecule has 0 spiro atoms. The van der Waals surface area contributed by atoms with Gasteiger partial charge in [-0.1, -0.05) is 49.7 Å². The van der Waals surface area contributed by atoms with Crippen LogP contribution in [0.2, 0.25) is 5.02 Å². The van der Waals surface area contributed by atoms with Gasteiger partial charge in [0.1, 0.15) is 5.75 Å². The Hall–Kier alpha value is -2.04. The highest BCUT2D eigenvalue weighted by Crippen LogP contribution is 2.31. The molecule has 2 aromatic carbocycles. The average Bonchev–Trinajstić information content (AvgIpc) is 3.07. The summed E-state index contributed by atoms with van der Waals surface area (Å²) >= 11 is 6.00. The van der Waals surface area contributed by atoms with Gasteiger partial charge in [-0.3, -0.25) is 9.69 Å². The summed E-state index contributed by atoms with van der Waals surface area (Å²) in [5, 5.41) is 3.65. The monoisotopic (exact) mass is 372 g/mol. The van der Waals surface area contributed by atoms with Gasteiger partial charge in [-0.25, -0.2) is 0 Å². The number of hydrogen-bond donors (Lipinski definition) is 1. The van der Waals surface area contributed by atoms with Crippen molar-refractivity contribution in [1.29, 1.82) is 0 Å². The minimum absolute atomic E-state index is 0.0912. The third kappa shape index (κ3) is 4.57. The Morgan fingerprint density at radius 1 is 1.19 bits per heavy atom. The number of nitrogens with zero attached hydrogens (tertiary/aromatic N) is 1. The fourth-order valence-electron chi connectivity index (χ4n) is 3.21. The van der Waals surface area contributed by atoms with Crippen LogP contribution in [0.15, 0.2) is 42.5 Å². The number of fused-ring (bicyclic) bond motifs is 1. The molecule has 2 aromatic rings. The van der Waals surface area contributed by atoms with E-state index < -0.39 is 6.10 Å². The zero-order valence-electron chi connectivity index (χ0n) is 15.3. The van der Waals surface area contributed by atoms with Gasteiger partial charge in [-0.15, -0.1) is 0 Å². The van der Waals surface area contributed by atoms with Crippen LogP contribution in [-0.2, 0) is 24.3 Å². The molecule has 1 atom stereocenters. The molecule has 0 radical (unpaired) electrons. The van der Waals surface area contributed by atoms with Gasteiger partial charge in [-0.05, 0) is 48.0 Å². The molecule has 0 bridgehead atoms. The van der Waals surface area contributed by atoms with Gasteiger partial charge in [0.05, 0.1) is 0 Å². The number of rotatable bonds is 7.